The van der Waals surface area contributed by atoms with E-state index < -0.39 is 5.41 Å². The van der Waals surface area contributed by atoms with Gasteiger partial charge in [-0.15, -0.1) is 0 Å². The molecule has 0 amide bonds. The minimum absolute atomic E-state index is 0.568. The van der Waals surface area contributed by atoms with Crippen LogP contribution in [0, 0.1) is 11.3 Å². The molecule has 8 aromatic carbocycles. The zero-order valence-electron chi connectivity index (χ0n) is 31.3. The van der Waals surface area contributed by atoms with Crippen molar-refractivity contribution in [3.05, 3.63) is 228 Å². The second-order valence-electron chi connectivity index (χ2n) is 14.8. The highest BCUT2D eigenvalue weighted by molar-refractivity contribution is 5.89. The Labute approximate surface area is 337 Å². The van der Waals surface area contributed by atoms with E-state index in [2.05, 4.69) is 133 Å². The predicted octanol–water partition coefficient (Wildman–Crippen LogP) is 13.2. The van der Waals surface area contributed by atoms with Gasteiger partial charge in [0.15, 0.2) is 5.82 Å². The number of nitriles is 1. The van der Waals surface area contributed by atoms with E-state index in [9.17, 15) is 5.26 Å². The van der Waals surface area contributed by atoms with E-state index in [0.29, 0.717) is 11.4 Å². The Morgan fingerprint density at radius 3 is 1.34 bits per heavy atom. The van der Waals surface area contributed by atoms with Crippen molar-refractivity contribution in [1.29, 1.82) is 5.26 Å². The molecule has 0 unspecified atom stereocenters. The smallest absolute Gasteiger partial charge is 0.160 e. The SMILES string of the molecule is N#Cc1ccc(-c2ccc3c(c2)Oc2cc(-c4ccc(-c5cc(-c6ccccc6)nc(-c6ccccc6)n5)cc4)ccc2C32c3ccccc3-c3ccccc32)cc1. The third-order valence-electron chi connectivity index (χ3n) is 11.6. The van der Waals surface area contributed by atoms with Crippen molar-refractivity contribution in [3.8, 4) is 84.9 Å². The molecule has 58 heavy (non-hydrogen) atoms. The molecule has 4 nitrogen and oxygen atoms in total. The van der Waals surface area contributed by atoms with E-state index in [4.69, 9.17) is 14.7 Å². The first-order valence-electron chi connectivity index (χ1n) is 19.4. The largest absolute Gasteiger partial charge is 0.457 e. The third-order valence-corrected chi connectivity index (χ3v) is 11.6. The maximum atomic E-state index is 9.42. The van der Waals surface area contributed by atoms with Crippen LogP contribution in [0.25, 0.3) is 67.3 Å². The fourth-order valence-corrected chi connectivity index (χ4v) is 8.91. The summed E-state index contributed by atoms with van der Waals surface area (Å²) in [4.78, 5) is 10.0. The lowest BCUT2D eigenvalue weighted by molar-refractivity contribution is 0.437. The number of hydrogen-bond donors (Lipinski definition) is 0. The van der Waals surface area contributed by atoms with Crippen molar-refractivity contribution in [2.45, 2.75) is 5.41 Å². The molecule has 1 aliphatic carbocycles. The van der Waals surface area contributed by atoms with E-state index in [1.54, 1.807) is 0 Å². The van der Waals surface area contributed by atoms with Gasteiger partial charge in [0, 0.05) is 27.8 Å². The molecule has 0 N–H and O–H groups in total. The lowest BCUT2D eigenvalue weighted by Crippen LogP contribution is -2.32. The van der Waals surface area contributed by atoms with Crippen LogP contribution in [-0.2, 0) is 5.41 Å². The molecule has 0 saturated carbocycles. The molecular weight excluding hydrogens is 707 g/mol. The molecule has 1 aromatic heterocycles. The first-order chi connectivity index (χ1) is 28.7. The van der Waals surface area contributed by atoms with Crippen LogP contribution in [-0.4, -0.2) is 9.97 Å². The molecule has 2 heterocycles. The molecule has 0 saturated heterocycles. The van der Waals surface area contributed by atoms with Gasteiger partial charge in [-0.2, -0.15) is 5.26 Å². The van der Waals surface area contributed by atoms with Gasteiger partial charge in [-0.3, -0.25) is 0 Å². The first-order valence-corrected chi connectivity index (χ1v) is 19.4. The minimum atomic E-state index is -0.568. The van der Waals surface area contributed by atoms with Crippen LogP contribution in [0.15, 0.2) is 200 Å². The van der Waals surface area contributed by atoms with Gasteiger partial charge < -0.3 is 4.74 Å². The molecular formula is C54H33N3O. The fraction of sp³-hybridized carbons (Fsp3) is 0.0185. The van der Waals surface area contributed by atoms with Gasteiger partial charge in [-0.05, 0) is 74.8 Å². The Morgan fingerprint density at radius 1 is 0.379 bits per heavy atom. The normalized spacial score (nSPS) is 12.7. The summed E-state index contributed by atoms with van der Waals surface area (Å²) in [5.74, 6) is 2.34. The average molecular weight is 740 g/mol. The number of rotatable bonds is 5. The summed E-state index contributed by atoms with van der Waals surface area (Å²) >= 11 is 0. The van der Waals surface area contributed by atoms with Gasteiger partial charge in [0.2, 0.25) is 0 Å². The lowest BCUT2D eigenvalue weighted by atomic mass is 9.65. The van der Waals surface area contributed by atoms with Gasteiger partial charge in [0.05, 0.1) is 28.4 Å². The Hall–Kier alpha value is -7.87. The molecule has 1 spiro atoms. The number of ether oxygens (including phenoxy) is 1. The number of benzene rings is 8. The Kier molecular flexibility index (Phi) is 7.74. The van der Waals surface area contributed by atoms with Crippen LogP contribution >= 0.6 is 0 Å². The Morgan fingerprint density at radius 2 is 0.810 bits per heavy atom. The van der Waals surface area contributed by atoms with Crippen molar-refractivity contribution < 1.29 is 4.74 Å². The van der Waals surface area contributed by atoms with Crippen molar-refractivity contribution in [2.24, 2.45) is 0 Å². The quantitative estimate of drug-likeness (QED) is 0.176. The summed E-state index contributed by atoms with van der Waals surface area (Å²) in [6, 6.07) is 71.9. The maximum absolute atomic E-state index is 9.42. The van der Waals surface area contributed by atoms with Gasteiger partial charge in [0.25, 0.3) is 0 Å². The van der Waals surface area contributed by atoms with Crippen LogP contribution in [0.4, 0.5) is 0 Å². The Bertz CT molecular complexity index is 2970. The number of fused-ring (bicyclic) bond motifs is 9. The standard InChI is InChI=1S/C54H33N3O/c55-34-35-19-21-36(22-20-35)41-27-29-47-51(31-41)58-52-32-42(28-30-48(52)54(47)45-17-9-7-15-43(45)44-16-8-10-18-46(44)54)37-23-25-39(26-24-37)50-33-49(38-11-3-1-4-12-38)56-53(57-50)40-13-5-2-6-14-40/h1-33H. The lowest BCUT2D eigenvalue weighted by Gasteiger charge is -2.39. The van der Waals surface area contributed by atoms with E-state index in [0.717, 1.165) is 73.0 Å². The summed E-state index contributed by atoms with van der Waals surface area (Å²) in [5, 5.41) is 9.42. The monoisotopic (exact) mass is 739 g/mol. The summed E-state index contributed by atoms with van der Waals surface area (Å²) < 4.78 is 7.00. The van der Waals surface area contributed by atoms with E-state index in [1.165, 1.54) is 22.3 Å². The average Bonchev–Trinajstić information content (AvgIpc) is 3.59. The van der Waals surface area contributed by atoms with E-state index >= 15 is 0 Å². The van der Waals surface area contributed by atoms with Crippen molar-refractivity contribution in [3.63, 3.8) is 0 Å². The van der Waals surface area contributed by atoms with Crippen molar-refractivity contribution in [1.82, 2.24) is 9.97 Å². The second kappa shape index (κ2) is 13.4. The highest BCUT2D eigenvalue weighted by atomic mass is 16.5. The van der Waals surface area contributed by atoms with Crippen LogP contribution in [0.3, 0.4) is 0 Å². The van der Waals surface area contributed by atoms with Gasteiger partial charge in [-0.1, -0.05) is 170 Å². The third kappa shape index (κ3) is 5.29. The van der Waals surface area contributed by atoms with E-state index in [-0.39, 0.29) is 0 Å². The van der Waals surface area contributed by atoms with Crippen LogP contribution in [0.1, 0.15) is 27.8 Å². The molecule has 0 fully saturated rings. The first kappa shape index (κ1) is 33.5. The van der Waals surface area contributed by atoms with Crippen molar-refractivity contribution >= 4 is 0 Å². The Balaban J connectivity index is 1.03. The second-order valence-corrected chi connectivity index (χ2v) is 14.8. The molecule has 1 aliphatic heterocycles. The maximum Gasteiger partial charge on any atom is 0.160 e. The zero-order valence-corrected chi connectivity index (χ0v) is 31.3. The molecule has 2 aliphatic rings. The van der Waals surface area contributed by atoms with Gasteiger partial charge >= 0.3 is 0 Å². The summed E-state index contributed by atoms with van der Waals surface area (Å²) in [6.45, 7) is 0. The van der Waals surface area contributed by atoms with Crippen LogP contribution in [0.5, 0.6) is 11.5 Å². The topological polar surface area (TPSA) is 58.8 Å². The molecule has 270 valence electrons. The fourth-order valence-electron chi connectivity index (χ4n) is 8.91. The minimum Gasteiger partial charge on any atom is -0.457 e. The molecule has 11 rings (SSSR count). The zero-order chi connectivity index (χ0) is 38.6. The number of aromatic nitrogens is 2. The van der Waals surface area contributed by atoms with E-state index in [1.807, 2.05) is 72.8 Å². The summed E-state index contributed by atoms with van der Waals surface area (Å²) in [6.07, 6.45) is 0. The molecule has 0 bridgehead atoms. The molecule has 0 radical (unpaired) electrons. The van der Waals surface area contributed by atoms with Gasteiger partial charge in [-0.25, -0.2) is 9.97 Å². The van der Waals surface area contributed by atoms with Crippen LogP contribution in [0.2, 0.25) is 0 Å². The highest BCUT2D eigenvalue weighted by Crippen LogP contribution is 2.62. The molecule has 9 aromatic rings. The van der Waals surface area contributed by atoms with Crippen molar-refractivity contribution in [2.75, 3.05) is 0 Å². The predicted molar refractivity (Wildman–Crippen MR) is 231 cm³/mol. The number of nitrogens with zero attached hydrogens (tertiary/aromatic N) is 3. The van der Waals surface area contributed by atoms with Crippen LogP contribution < -0.4 is 4.74 Å². The summed E-state index contributed by atoms with van der Waals surface area (Å²) in [7, 11) is 0. The molecule has 4 heteroatoms. The highest BCUT2D eigenvalue weighted by Gasteiger charge is 2.51. The molecule has 0 atom stereocenters. The summed E-state index contributed by atoms with van der Waals surface area (Å²) in [5.41, 5.74) is 16.3. The van der Waals surface area contributed by atoms with Gasteiger partial charge in [0.1, 0.15) is 11.5 Å². The number of hydrogen-bond acceptors (Lipinski definition) is 4.